The summed E-state index contributed by atoms with van der Waals surface area (Å²) in [5.74, 6) is 0.284. The van der Waals surface area contributed by atoms with Crippen molar-refractivity contribution in [2.45, 2.75) is 65.7 Å². The Balaban J connectivity index is 1.82. The number of hydrogen-bond acceptors (Lipinski definition) is 4. The molecule has 5 nitrogen and oxygen atoms in total. The van der Waals surface area contributed by atoms with E-state index in [0.717, 1.165) is 36.2 Å². The minimum atomic E-state index is -0.560. The summed E-state index contributed by atoms with van der Waals surface area (Å²) in [5.41, 5.74) is 9.17. The first-order valence-corrected chi connectivity index (χ1v) is 9.81. The molecule has 3 rings (SSSR count). The Morgan fingerprint density at radius 2 is 1.85 bits per heavy atom. The Hall–Kier alpha value is -2.30. The van der Waals surface area contributed by atoms with Gasteiger partial charge in [0, 0.05) is 18.7 Å². The van der Waals surface area contributed by atoms with Crippen LogP contribution in [0.3, 0.4) is 0 Å². The minimum Gasteiger partial charge on any atom is -0.311 e. The smallest absolute Gasteiger partial charge is 0.237 e. The third-order valence-corrected chi connectivity index (χ3v) is 5.22. The van der Waals surface area contributed by atoms with Crippen LogP contribution < -0.4 is 15.8 Å². The van der Waals surface area contributed by atoms with Crippen molar-refractivity contribution >= 4 is 23.1 Å². The van der Waals surface area contributed by atoms with E-state index in [4.69, 9.17) is 0 Å². The second kappa shape index (κ2) is 7.02. The van der Waals surface area contributed by atoms with Crippen molar-refractivity contribution in [3.05, 3.63) is 35.5 Å². The average molecular weight is 370 g/mol. The number of amides is 1. The Bertz CT molecular complexity index is 787. The second-order valence-electron chi connectivity index (χ2n) is 9.35. The summed E-state index contributed by atoms with van der Waals surface area (Å²) < 4.78 is 0. The Morgan fingerprint density at radius 1 is 1.11 bits per heavy atom. The van der Waals surface area contributed by atoms with E-state index >= 15 is 0 Å². The lowest BCUT2D eigenvalue weighted by Crippen LogP contribution is -2.40. The molecule has 1 aromatic rings. The lowest BCUT2D eigenvalue weighted by Gasteiger charge is -2.28. The normalized spacial score (nSPS) is 19.4. The molecule has 0 radical (unpaired) electrons. The summed E-state index contributed by atoms with van der Waals surface area (Å²) >= 11 is 0. The molecule has 0 spiro atoms. The van der Waals surface area contributed by atoms with Gasteiger partial charge in [-0.3, -0.25) is 15.0 Å². The first kappa shape index (κ1) is 19.5. The van der Waals surface area contributed by atoms with Crippen molar-refractivity contribution in [3.8, 4) is 0 Å². The summed E-state index contributed by atoms with van der Waals surface area (Å²) in [5, 5.41) is 0. The zero-order valence-electron chi connectivity index (χ0n) is 17.1. The molecule has 1 aliphatic carbocycles. The van der Waals surface area contributed by atoms with Crippen LogP contribution in [-0.2, 0) is 15.0 Å². The van der Waals surface area contributed by atoms with Crippen LogP contribution in [0.1, 0.15) is 65.9 Å². The van der Waals surface area contributed by atoms with E-state index in [1.165, 1.54) is 0 Å². The number of benzene rings is 1. The molecule has 5 heteroatoms. The van der Waals surface area contributed by atoms with Crippen molar-refractivity contribution < 1.29 is 9.59 Å². The zero-order valence-corrected chi connectivity index (χ0v) is 17.1. The number of hydrogen-bond donors (Lipinski definition) is 2. The molecule has 0 saturated carbocycles. The molecule has 1 amide bonds. The molecule has 1 aromatic carbocycles. The van der Waals surface area contributed by atoms with Gasteiger partial charge in [-0.2, -0.15) is 0 Å². The van der Waals surface area contributed by atoms with Crippen molar-refractivity contribution in [3.63, 3.8) is 0 Å². The maximum atomic E-state index is 13.0. The first-order valence-electron chi connectivity index (χ1n) is 9.81. The van der Waals surface area contributed by atoms with Crippen LogP contribution >= 0.6 is 0 Å². The molecule has 0 fully saturated rings. The van der Waals surface area contributed by atoms with Gasteiger partial charge in [0.1, 0.15) is 0 Å². The lowest BCUT2D eigenvalue weighted by molar-refractivity contribution is -0.122. The number of rotatable bonds is 4. The maximum absolute atomic E-state index is 13.0. The van der Waals surface area contributed by atoms with E-state index in [-0.39, 0.29) is 17.1 Å². The van der Waals surface area contributed by atoms with Crippen LogP contribution in [0.5, 0.6) is 0 Å². The molecule has 0 bridgehead atoms. The molecule has 0 unspecified atom stereocenters. The number of nitrogens with one attached hydrogen (secondary N) is 2. The van der Waals surface area contributed by atoms with E-state index in [1.54, 1.807) is 0 Å². The van der Waals surface area contributed by atoms with Crippen molar-refractivity contribution in [2.75, 3.05) is 16.9 Å². The van der Waals surface area contributed by atoms with Gasteiger partial charge in [0.15, 0.2) is 5.78 Å². The summed E-state index contributed by atoms with van der Waals surface area (Å²) in [4.78, 5) is 27.0. The van der Waals surface area contributed by atoms with Crippen LogP contribution in [0.15, 0.2) is 30.0 Å². The number of ketones is 1. The highest BCUT2D eigenvalue weighted by Gasteiger charge is 2.44. The molecule has 146 valence electrons. The van der Waals surface area contributed by atoms with Gasteiger partial charge in [0.2, 0.25) is 5.91 Å². The van der Waals surface area contributed by atoms with E-state index in [9.17, 15) is 9.59 Å². The highest BCUT2D eigenvalue weighted by molar-refractivity contribution is 6.08. The van der Waals surface area contributed by atoms with Crippen LogP contribution in [0.4, 0.5) is 11.4 Å². The van der Waals surface area contributed by atoms with Gasteiger partial charge in [-0.15, -0.1) is 0 Å². The van der Waals surface area contributed by atoms with E-state index < -0.39 is 5.41 Å². The second-order valence-corrected chi connectivity index (χ2v) is 9.35. The molecule has 0 atom stereocenters. The number of carbonyl (C=O) groups is 2. The van der Waals surface area contributed by atoms with Gasteiger partial charge >= 0.3 is 0 Å². The van der Waals surface area contributed by atoms with Crippen molar-refractivity contribution in [1.29, 1.82) is 0 Å². The summed E-state index contributed by atoms with van der Waals surface area (Å²) in [7, 11) is 0. The number of Topliss-reactive ketones (excluding diaryl/α,β-unsaturated/α-hetero) is 1. The fourth-order valence-corrected chi connectivity index (χ4v) is 3.73. The van der Waals surface area contributed by atoms with Crippen LogP contribution in [0.25, 0.3) is 0 Å². The lowest BCUT2D eigenvalue weighted by atomic mass is 9.86. The Labute approximate surface area is 162 Å². The van der Waals surface area contributed by atoms with Gasteiger partial charge in [-0.1, -0.05) is 26.8 Å². The summed E-state index contributed by atoms with van der Waals surface area (Å²) in [6.07, 6.45) is 5.47. The van der Waals surface area contributed by atoms with Crippen LogP contribution in [0, 0.1) is 5.41 Å². The highest BCUT2D eigenvalue weighted by Crippen LogP contribution is 2.43. The number of hydrazine groups is 1. The van der Waals surface area contributed by atoms with E-state index in [0.29, 0.717) is 18.7 Å². The number of nitrogens with zero attached hydrogens (tertiary/aromatic N) is 1. The highest BCUT2D eigenvalue weighted by atomic mass is 16.2. The molecular formula is C22H31N3O2. The van der Waals surface area contributed by atoms with Gasteiger partial charge < -0.3 is 10.3 Å². The molecule has 1 heterocycles. The molecule has 0 saturated heterocycles. The first-order chi connectivity index (χ1) is 12.6. The third kappa shape index (κ3) is 4.02. The average Bonchev–Trinajstić information content (AvgIpc) is 2.73. The summed E-state index contributed by atoms with van der Waals surface area (Å²) in [6, 6.07) is 5.98. The Kier molecular flexibility index (Phi) is 5.06. The number of allylic oxidation sites excluding steroid dienone is 2. The molecule has 2 aliphatic rings. The summed E-state index contributed by atoms with van der Waals surface area (Å²) in [6.45, 7) is 11.1. The van der Waals surface area contributed by atoms with Gasteiger partial charge in [-0.05, 0) is 62.3 Å². The maximum Gasteiger partial charge on any atom is 0.237 e. The topological polar surface area (TPSA) is 61.4 Å². The minimum absolute atomic E-state index is 0.0259. The fourth-order valence-electron chi connectivity index (χ4n) is 3.73. The third-order valence-electron chi connectivity index (χ3n) is 5.22. The van der Waals surface area contributed by atoms with Gasteiger partial charge in [0.05, 0.1) is 16.8 Å². The monoisotopic (exact) mass is 369 g/mol. The van der Waals surface area contributed by atoms with Gasteiger partial charge in [0.25, 0.3) is 0 Å². The van der Waals surface area contributed by atoms with Crippen LogP contribution in [0.2, 0.25) is 0 Å². The molecule has 2 N–H and O–H groups in total. The quantitative estimate of drug-likeness (QED) is 0.777. The van der Waals surface area contributed by atoms with Crippen LogP contribution in [-0.4, -0.2) is 18.2 Å². The number of carbonyl (C=O) groups excluding carboxylic acids is 2. The number of fused-ring (bicyclic) bond motifs is 1. The largest absolute Gasteiger partial charge is 0.311 e. The van der Waals surface area contributed by atoms with Gasteiger partial charge in [-0.25, -0.2) is 0 Å². The predicted molar refractivity (Wildman–Crippen MR) is 110 cm³/mol. The molecule has 1 aliphatic heterocycles. The molecule has 27 heavy (non-hydrogen) atoms. The molecular weight excluding hydrogens is 338 g/mol. The SMILES string of the molecule is CC(C)(C)CN1C(=O)C(C)(C)c2cc(NNC3=CCCCCC3=O)ccc21. The molecule has 0 aromatic heterocycles. The standard InChI is InChI=1S/C22H31N3O2/c1-21(2,3)14-25-18-12-11-15(13-16(18)22(4,5)20(25)27)23-24-17-9-7-6-8-10-19(17)26/h9,11-13,23-24H,6-8,10,14H2,1-5H3. The Morgan fingerprint density at radius 3 is 2.56 bits per heavy atom. The van der Waals surface area contributed by atoms with E-state index in [2.05, 4.69) is 31.6 Å². The van der Waals surface area contributed by atoms with Crippen molar-refractivity contribution in [1.82, 2.24) is 5.43 Å². The fraction of sp³-hybridized carbons (Fsp3) is 0.545. The van der Waals surface area contributed by atoms with E-state index in [1.807, 2.05) is 43.0 Å². The predicted octanol–water partition coefficient (Wildman–Crippen LogP) is 4.30. The van der Waals surface area contributed by atoms with Crippen molar-refractivity contribution in [2.24, 2.45) is 5.41 Å². The zero-order chi connectivity index (χ0) is 19.8. The number of anilines is 2.